The van der Waals surface area contributed by atoms with Crippen LogP contribution in [-0.2, 0) is 0 Å². The van der Waals surface area contributed by atoms with Gasteiger partial charge in [0.2, 0.25) is 0 Å². The van der Waals surface area contributed by atoms with E-state index in [1.165, 1.54) is 24.2 Å². The van der Waals surface area contributed by atoms with Gasteiger partial charge in [-0.3, -0.25) is 0 Å². The highest BCUT2D eigenvalue weighted by molar-refractivity contribution is 8.00. The van der Waals surface area contributed by atoms with Crippen LogP contribution in [0, 0.1) is 0 Å². The van der Waals surface area contributed by atoms with Gasteiger partial charge in [0.1, 0.15) is 0 Å². The van der Waals surface area contributed by atoms with Crippen LogP contribution in [0.5, 0.6) is 0 Å². The van der Waals surface area contributed by atoms with Gasteiger partial charge >= 0.3 is 0 Å². The highest BCUT2D eigenvalue weighted by Gasteiger charge is 2.35. The molecule has 0 aromatic carbocycles. The standard InChI is InChI=1S/C11H21NS/c1-9(2)5-6-10(12)11(3)7-4-8-13-11/h10H,1,4-8,12H2,2-3H3. The predicted octanol–water partition coefficient (Wildman–Crippen LogP) is 2.96. The Morgan fingerprint density at radius 2 is 2.38 bits per heavy atom. The summed E-state index contributed by atoms with van der Waals surface area (Å²) in [4.78, 5) is 0. The number of hydrogen-bond acceptors (Lipinski definition) is 2. The van der Waals surface area contributed by atoms with E-state index in [-0.39, 0.29) is 0 Å². The number of nitrogens with two attached hydrogens (primary N) is 1. The summed E-state index contributed by atoms with van der Waals surface area (Å²) in [6, 6.07) is 0.344. The van der Waals surface area contributed by atoms with Gasteiger partial charge in [-0.15, -0.1) is 6.58 Å². The van der Waals surface area contributed by atoms with Crippen LogP contribution in [0.4, 0.5) is 0 Å². The van der Waals surface area contributed by atoms with Crippen molar-refractivity contribution < 1.29 is 0 Å². The first-order chi connectivity index (χ1) is 6.04. The summed E-state index contributed by atoms with van der Waals surface area (Å²) in [6.45, 7) is 8.31. The number of allylic oxidation sites excluding steroid dienone is 1. The minimum Gasteiger partial charge on any atom is -0.326 e. The molecule has 1 heterocycles. The van der Waals surface area contributed by atoms with Crippen molar-refractivity contribution in [2.24, 2.45) is 5.73 Å². The van der Waals surface area contributed by atoms with Crippen molar-refractivity contribution >= 4 is 11.8 Å². The third-order valence-corrected chi connectivity index (χ3v) is 4.57. The smallest absolute Gasteiger partial charge is 0.0283 e. The van der Waals surface area contributed by atoms with E-state index in [9.17, 15) is 0 Å². The Balaban J connectivity index is 2.37. The monoisotopic (exact) mass is 199 g/mol. The van der Waals surface area contributed by atoms with Gasteiger partial charge in [-0.2, -0.15) is 11.8 Å². The zero-order valence-electron chi connectivity index (χ0n) is 8.81. The molecule has 2 N–H and O–H groups in total. The first kappa shape index (κ1) is 11.1. The van der Waals surface area contributed by atoms with Gasteiger partial charge in [-0.25, -0.2) is 0 Å². The van der Waals surface area contributed by atoms with Gasteiger partial charge in [0.15, 0.2) is 0 Å². The molecule has 13 heavy (non-hydrogen) atoms. The molecule has 76 valence electrons. The second kappa shape index (κ2) is 4.52. The van der Waals surface area contributed by atoms with Crippen molar-refractivity contribution in [3.05, 3.63) is 12.2 Å². The van der Waals surface area contributed by atoms with Gasteiger partial charge in [-0.1, -0.05) is 5.57 Å². The fraction of sp³-hybridized carbons (Fsp3) is 0.818. The van der Waals surface area contributed by atoms with Crippen LogP contribution in [0.1, 0.15) is 39.5 Å². The highest BCUT2D eigenvalue weighted by atomic mass is 32.2. The summed E-state index contributed by atoms with van der Waals surface area (Å²) in [6.07, 6.45) is 4.80. The highest BCUT2D eigenvalue weighted by Crippen LogP contribution is 2.40. The lowest BCUT2D eigenvalue weighted by Crippen LogP contribution is -2.41. The third kappa shape index (κ3) is 3.03. The van der Waals surface area contributed by atoms with E-state index in [1.807, 2.05) is 11.8 Å². The summed E-state index contributed by atoms with van der Waals surface area (Å²) in [5, 5.41) is 0. The SMILES string of the molecule is C=C(C)CCC(N)C1(C)CCCS1. The molecule has 0 aromatic heterocycles. The van der Waals surface area contributed by atoms with E-state index >= 15 is 0 Å². The second-order valence-electron chi connectivity index (χ2n) is 4.37. The fourth-order valence-electron chi connectivity index (χ4n) is 1.80. The average Bonchev–Trinajstić information content (AvgIpc) is 2.49. The Labute approximate surface area is 86.2 Å². The van der Waals surface area contributed by atoms with E-state index in [2.05, 4.69) is 20.4 Å². The molecule has 0 aromatic rings. The molecule has 0 bridgehead atoms. The Morgan fingerprint density at radius 1 is 1.69 bits per heavy atom. The molecule has 0 saturated carbocycles. The number of hydrogen-bond donors (Lipinski definition) is 1. The minimum absolute atomic E-state index is 0.343. The molecule has 0 amide bonds. The molecule has 2 atom stereocenters. The van der Waals surface area contributed by atoms with E-state index < -0.39 is 0 Å². The molecule has 0 aliphatic carbocycles. The fourth-order valence-corrected chi connectivity index (χ4v) is 3.18. The summed E-state index contributed by atoms with van der Waals surface area (Å²) in [5.41, 5.74) is 7.45. The van der Waals surface area contributed by atoms with Crippen molar-refractivity contribution in [3.8, 4) is 0 Å². The molecule has 1 nitrogen and oxygen atoms in total. The molecule has 0 radical (unpaired) electrons. The van der Waals surface area contributed by atoms with Crippen LogP contribution in [-0.4, -0.2) is 16.5 Å². The molecular formula is C11H21NS. The quantitative estimate of drug-likeness (QED) is 0.704. The second-order valence-corrected chi connectivity index (χ2v) is 6.00. The van der Waals surface area contributed by atoms with Gasteiger partial charge in [0.25, 0.3) is 0 Å². The molecule has 1 fully saturated rings. The maximum absolute atomic E-state index is 6.20. The molecule has 1 aliphatic heterocycles. The van der Waals surface area contributed by atoms with Crippen molar-refractivity contribution in [1.82, 2.24) is 0 Å². The molecule has 2 heteroatoms. The van der Waals surface area contributed by atoms with Crippen molar-refractivity contribution in [3.63, 3.8) is 0 Å². The predicted molar refractivity (Wildman–Crippen MR) is 62.1 cm³/mol. The topological polar surface area (TPSA) is 26.0 Å². The van der Waals surface area contributed by atoms with E-state index in [1.54, 1.807) is 0 Å². The Bertz CT molecular complexity index is 183. The van der Waals surface area contributed by atoms with Gasteiger partial charge in [-0.05, 0) is 45.3 Å². The first-order valence-corrected chi connectivity index (χ1v) is 6.07. The lowest BCUT2D eigenvalue weighted by Gasteiger charge is -2.30. The van der Waals surface area contributed by atoms with Crippen molar-refractivity contribution in [2.45, 2.75) is 50.3 Å². The first-order valence-electron chi connectivity index (χ1n) is 5.08. The zero-order valence-corrected chi connectivity index (χ0v) is 9.62. The maximum atomic E-state index is 6.20. The van der Waals surface area contributed by atoms with Gasteiger partial charge in [0, 0.05) is 10.8 Å². The average molecular weight is 199 g/mol. The normalized spacial score (nSPS) is 30.4. The molecule has 1 aliphatic rings. The molecule has 1 saturated heterocycles. The summed E-state index contributed by atoms with van der Waals surface area (Å²) in [7, 11) is 0. The summed E-state index contributed by atoms with van der Waals surface area (Å²) in [5.74, 6) is 1.29. The number of rotatable bonds is 4. The van der Waals surface area contributed by atoms with Crippen molar-refractivity contribution in [2.75, 3.05) is 5.75 Å². The van der Waals surface area contributed by atoms with E-state index in [4.69, 9.17) is 5.73 Å². The van der Waals surface area contributed by atoms with Crippen LogP contribution in [0.2, 0.25) is 0 Å². The van der Waals surface area contributed by atoms with Crippen LogP contribution in [0.3, 0.4) is 0 Å². The molecular weight excluding hydrogens is 178 g/mol. The van der Waals surface area contributed by atoms with Crippen molar-refractivity contribution in [1.29, 1.82) is 0 Å². The zero-order chi connectivity index (χ0) is 9.90. The van der Waals surface area contributed by atoms with Crippen LogP contribution < -0.4 is 5.73 Å². The largest absolute Gasteiger partial charge is 0.326 e. The van der Waals surface area contributed by atoms with E-state index in [0.717, 1.165) is 12.8 Å². The van der Waals surface area contributed by atoms with Crippen LogP contribution in [0.15, 0.2) is 12.2 Å². The lowest BCUT2D eigenvalue weighted by atomic mass is 9.92. The summed E-state index contributed by atoms with van der Waals surface area (Å²) < 4.78 is 0.343. The lowest BCUT2D eigenvalue weighted by molar-refractivity contribution is 0.459. The Kier molecular flexibility index (Phi) is 3.87. The molecule has 2 unspecified atom stereocenters. The maximum Gasteiger partial charge on any atom is 0.0283 e. The minimum atomic E-state index is 0.343. The van der Waals surface area contributed by atoms with Gasteiger partial charge < -0.3 is 5.73 Å². The van der Waals surface area contributed by atoms with E-state index in [0.29, 0.717) is 10.8 Å². The Hall–Kier alpha value is 0.0500. The molecule has 1 rings (SSSR count). The van der Waals surface area contributed by atoms with Crippen LogP contribution >= 0.6 is 11.8 Å². The number of thioether (sulfide) groups is 1. The van der Waals surface area contributed by atoms with Crippen LogP contribution in [0.25, 0.3) is 0 Å². The summed E-state index contributed by atoms with van der Waals surface area (Å²) >= 11 is 2.05. The molecule has 0 spiro atoms. The third-order valence-electron chi connectivity index (χ3n) is 2.92. The Morgan fingerprint density at radius 3 is 2.85 bits per heavy atom. The van der Waals surface area contributed by atoms with Gasteiger partial charge in [0.05, 0.1) is 0 Å².